The highest BCUT2D eigenvalue weighted by Gasteiger charge is 2.35. The number of aryl methyl sites for hydroxylation is 1. The molecule has 1 aliphatic carbocycles. The van der Waals surface area contributed by atoms with Gasteiger partial charge in [0.05, 0.1) is 5.56 Å². The Balaban J connectivity index is 2.08. The van der Waals surface area contributed by atoms with Crippen molar-refractivity contribution in [2.75, 3.05) is 13.1 Å². The number of likely N-dealkylation sites (tertiary alicyclic amines) is 1. The smallest absolute Gasteiger partial charge is 0.225 e. The van der Waals surface area contributed by atoms with Gasteiger partial charge >= 0.3 is 0 Å². The van der Waals surface area contributed by atoms with E-state index in [1.54, 1.807) is 19.1 Å². The number of fused-ring (bicyclic) bond motifs is 1. The highest BCUT2D eigenvalue weighted by Crippen LogP contribution is 2.31. The number of carbonyl (C=O) groups excluding carboxylic acids is 2. The van der Waals surface area contributed by atoms with Crippen molar-refractivity contribution in [3.8, 4) is 0 Å². The number of halogens is 1. The van der Waals surface area contributed by atoms with Crippen molar-refractivity contribution in [3.05, 3.63) is 39.8 Å². The zero-order chi connectivity index (χ0) is 14.3. The number of aromatic nitrogens is 1. The van der Waals surface area contributed by atoms with E-state index in [9.17, 15) is 9.59 Å². The molecule has 0 saturated carbocycles. The molecule has 20 heavy (non-hydrogen) atoms. The second-order valence-corrected chi connectivity index (χ2v) is 5.60. The lowest BCUT2D eigenvalue weighted by molar-refractivity contribution is 0.0937. The van der Waals surface area contributed by atoms with Crippen LogP contribution in [0.1, 0.15) is 45.8 Å². The molecule has 2 heterocycles. The van der Waals surface area contributed by atoms with Crippen molar-refractivity contribution < 1.29 is 9.59 Å². The van der Waals surface area contributed by atoms with Crippen LogP contribution in [0, 0.1) is 6.92 Å². The highest BCUT2D eigenvalue weighted by atomic mass is 35.5. The molecule has 1 fully saturated rings. The number of ketones is 2. The standard InChI is InChI=1S/C15H15ClN2O2/c1-9-5-6-10-12(17-9)15(20)11(16)13(14(10)19)18-7-3-2-4-8-18/h5-6H,2-4,7-8H2,1H3. The molecule has 0 radical (unpaired) electrons. The van der Waals surface area contributed by atoms with Crippen LogP contribution in [-0.4, -0.2) is 34.5 Å². The van der Waals surface area contributed by atoms with Gasteiger partial charge in [0.15, 0.2) is 0 Å². The Morgan fingerprint density at radius 1 is 1.10 bits per heavy atom. The average Bonchev–Trinajstić information content (AvgIpc) is 2.46. The Kier molecular flexibility index (Phi) is 3.34. The molecule has 4 nitrogen and oxygen atoms in total. The lowest BCUT2D eigenvalue weighted by Crippen LogP contribution is -2.37. The third-order valence-electron chi connectivity index (χ3n) is 3.79. The first kappa shape index (κ1) is 13.3. The quantitative estimate of drug-likeness (QED) is 0.798. The monoisotopic (exact) mass is 290 g/mol. The molecule has 1 aromatic rings. The number of rotatable bonds is 1. The maximum Gasteiger partial charge on any atom is 0.225 e. The molecule has 3 rings (SSSR count). The second-order valence-electron chi connectivity index (χ2n) is 5.22. The fourth-order valence-corrected chi connectivity index (χ4v) is 3.05. The Labute approximate surface area is 122 Å². The molecule has 1 aromatic heterocycles. The number of pyridine rings is 1. The van der Waals surface area contributed by atoms with Gasteiger partial charge in [0.2, 0.25) is 11.6 Å². The topological polar surface area (TPSA) is 50.3 Å². The molecule has 1 saturated heterocycles. The van der Waals surface area contributed by atoms with E-state index in [1.807, 2.05) is 4.90 Å². The van der Waals surface area contributed by atoms with Crippen LogP contribution in [0.4, 0.5) is 0 Å². The summed E-state index contributed by atoms with van der Waals surface area (Å²) in [5.74, 6) is -0.524. The number of allylic oxidation sites excluding steroid dienone is 2. The van der Waals surface area contributed by atoms with Crippen molar-refractivity contribution in [1.29, 1.82) is 0 Å². The Bertz CT molecular complexity index is 631. The van der Waals surface area contributed by atoms with E-state index in [-0.39, 0.29) is 22.3 Å². The fourth-order valence-electron chi connectivity index (χ4n) is 2.75. The van der Waals surface area contributed by atoms with Gasteiger partial charge in [0.1, 0.15) is 16.4 Å². The molecule has 104 valence electrons. The highest BCUT2D eigenvalue weighted by molar-refractivity contribution is 6.49. The van der Waals surface area contributed by atoms with E-state index < -0.39 is 0 Å². The molecule has 0 spiro atoms. The maximum absolute atomic E-state index is 12.6. The molecule has 2 aliphatic rings. The average molecular weight is 291 g/mol. The summed E-state index contributed by atoms with van der Waals surface area (Å²) >= 11 is 6.17. The van der Waals surface area contributed by atoms with Gasteiger partial charge in [0, 0.05) is 18.8 Å². The van der Waals surface area contributed by atoms with Gasteiger partial charge in [-0.25, -0.2) is 4.98 Å². The summed E-state index contributed by atoms with van der Waals surface area (Å²) in [7, 11) is 0. The van der Waals surface area contributed by atoms with Crippen LogP contribution in [-0.2, 0) is 0 Å². The first-order valence-electron chi connectivity index (χ1n) is 6.81. The summed E-state index contributed by atoms with van der Waals surface area (Å²) < 4.78 is 0. The summed E-state index contributed by atoms with van der Waals surface area (Å²) in [4.78, 5) is 31.1. The van der Waals surface area contributed by atoms with Gasteiger partial charge in [-0.3, -0.25) is 9.59 Å². The molecule has 0 atom stereocenters. The summed E-state index contributed by atoms with van der Waals surface area (Å²) in [6, 6.07) is 3.42. The van der Waals surface area contributed by atoms with E-state index >= 15 is 0 Å². The summed E-state index contributed by atoms with van der Waals surface area (Å²) in [5, 5.41) is 0.0162. The molecule has 0 aromatic carbocycles. The van der Waals surface area contributed by atoms with Crippen LogP contribution in [0.3, 0.4) is 0 Å². The first-order chi connectivity index (χ1) is 9.59. The minimum Gasteiger partial charge on any atom is -0.367 e. The number of hydrogen-bond donors (Lipinski definition) is 0. The van der Waals surface area contributed by atoms with Gasteiger partial charge in [-0.15, -0.1) is 0 Å². The maximum atomic E-state index is 12.6. The third-order valence-corrected chi connectivity index (χ3v) is 4.14. The molecule has 1 aliphatic heterocycles. The molecule has 0 bridgehead atoms. The van der Waals surface area contributed by atoms with Crippen LogP contribution >= 0.6 is 11.6 Å². The number of carbonyl (C=O) groups is 2. The van der Waals surface area contributed by atoms with Gasteiger partial charge in [-0.05, 0) is 38.3 Å². The molecule has 0 unspecified atom stereocenters. The molecule has 0 N–H and O–H groups in total. The van der Waals surface area contributed by atoms with Gasteiger partial charge in [0.25, 0.3) is 0 Å². The number of hydrogen-bond acceptors (Lipinski definition) is 4. The Hall–Kier alpha value is -1.68. The fraction of sp³-hybridized carbons (Fsp3) is 0.400. The molecule has 5 heteroatoms. The van der Waals surface area contributed by atoms with E-state index in [0.717, 1.165) is 32.4 Å². The first-order valence-corrected chi connectivity index (χ1v) is 7.19. The van der Waals surface area contributed by atoms with Crippen molar-refractivity contribution in [2.45, 2.75) is 26.2 Å². The van der Waals surface area contributed by atoms with Crippen LogP contribution in [0.5, 0.6) is 0 Å². The van der Waals surface area contributed by atoms with E-state index in [2.05, 4.69) is 4.98 Å². The minimum atomic E-state index is -0.342. The van der Waals surface area contributed by atoms with Gasteiger partial charge < -0.3 is 4.90 Å². The van der Waals surface area contributed by atoms with Gasteiger partial charge in [-0.2, -0.15) is 0 Å². The van der Waals surface area contributed by atoms with Crippen LogP contribution in [0.25, 0.3) is 0 Å². The van der Waals surface area contributed by atoms with E-state index in [0.29, 0.717) is 17.0 Å². The third kappa shape index (κ3) is 2.04. The van der Waals surface area contributed by atoms with Crippen molar-refractivity contribution in [3.63, 3.8) is 0 Å². The van der Waals surface area contributed by atoms with Crippen LogP contribution in [0.15, 0.2) is 22.9 Å². The van der Waals surface area contributed by atoms with E-state index in [4.69, 9.17) is 11.6 Å². The van der Waals surface area contributed by atoms with Crippen LogP contribution < -0.4 is 0 Å². The molecule has 0 amide bonds. The van der Waals surface area contributed by atoms with Gasteiger partial charge in [-0.1, -0.05) is 11.6 Å². The summed E-state index contributed by atoms with van der Waals surface area (Å²) in [6.07, 6.45) is 3.20. The summed E-state index contributed by atoms with van der Waals surface area (Å²) in [5.41, 5.74) is 1.61. The number of piperidine rings is 1. The lowest BCUT2D eigenvalue weighted by atomic mass is 9.94. The largest absolute Gasteiger partial charge is 0.367 e. The zero-order valence-electron chi connectivity index (χ0n) is 11.3. The van der Waals surface area contributed by atoms with Crippen LogP contribution in [0.2, 0.25) is 0 Å². The lowest BCUT2D eigenvalue weighted by Gasteiger charge is -2.32. The second kappa shape index (κ2) is 5.02. The number of nitrogens with zero attached hydrogens (tertiary/aromatic N) is 2. The Morgan fingerprint density at radius 2 is 1.80 bits per heavy atom. The normalized spacial score (nSPS) is 19.4. The molecular formula is C15H15ClN2O2. The van der Waals surface area contributed by atoms with E-state index in [1.165, 1.54) is 0 Å². The van der Waals surface area contributed by atoms with Crippen molar-refractivity contribution in [2.24, 2.45) is 0 Å². The summed E-state index contributed by atoms with van der Waals surface area (Å²) in [6.45, 7) is 3.34. The molecular weight excluding hydrogens is 276 g/mol. The predicted molar refractivity (Wildman–Crippen MR) is 75.9 cm³/mol. The number of Topliss-reactive ketones (excluding diaryl/α,β-unsaturated/α-hetero) is 2. The van der Waals surface area contributed by atoms with Crippen molar-refractivity contribution in [1.82, 2.24) is 9.88 Å². The Morgan fingerprint density at radius 3 is 2.50 bits per heavy atom. The van der Waals surface area contributed by atoms with Crippen molar-refractivity contribution >= 4 is 23.2 Å². The SMILES string of the molecule is Cc1ccc2c(n1)C(=O)C(Cl)=C(N1CCCCC1)C2=O. The predicted octanol–water partition coefficient (Wildman–Crippen LogP) is 2.71. The minimum absolute atomic E-state index is 0.0162. The zero-order valence-corrected chi connectivity index (χ0v) is 12.0.